The van der Waals surface area contributed by atoms with Crippen LogP contribution in [0.4, 0.5) is 4.79 Å². The fourth-order valence-corrected chi connectivity index (χ4v) is 4.07. The maximum absolute atomic E-state index is 12.7. The molecule has 2 atom stereocenters. The molecule has 27 heavy (non-hydrogen) atoms. The molecule has 2 amide bonds. The lowest BCUT2D eigenvalue weighted by Crippen LogP contribution is -2.55. The van der Waals surface area contributed by atoms with E-state index in [4.69, 9.17) is 5.73 Å². The number of hydrogen-bond donors (Lipinski definition) is 4. The number of benzene rings is 1. The number of aliphatic carboxylic acids is 2. The van der Waals surface area contributed by atoms with Crippen molar-refractivity contribution in [2.45, 2.75) is 25.0 Å². The monoisotopic (exact) mass is 377 g/mol. The highest BCUT2D eigenvalue weighted by Gasteiger charge is 2.65. The third-order valence-corrected chi connectivity index (χ3v) is 5.39. The number of nitrogens with two attached hydrogens (primary N) is 1. The lowest BCUT2D eigenvalue weighted by molar-refractivity contribution is -0.168. The van der Waals surface area contributed by atoms with Gasteiger partial charge in [0.15, 0.2) is 0 Å². The molecule has 2 aliphatic rings. The maximum atomic E-state index is 12.7. The molecule has 0 saturated carbocycles. The number of fused-ring (bicyclic) bond motifs is 1. The molecule has 3 rings (SSSR count). The number of piperazine rings is 1. The van der Waals surface area contributed by atoms with Crippen molar-refractivity contribution in [1.29, 1.82) is 0 Å². The van der Waals surface area contributed by atoms with E-state index in [1.165, 1.54) is 4.90 Å². The quantitative estimate of drug-likeness (QED) is 0.530. The van der Waals surface area contributed by atoms with E-state index in [-0.39, 0.29) is 19.6 Å². The molecule has 2 aliphatic heterocycles. The highest BCUT2D eigenvalue weighted by atomic mass is 16.4. The van der Waals surface area contributed by atoms with Gasteiger partial charge in [-0.3, -0.25) is 19.3 Å². The van der Waals surface area contributed by atoms with E-state index in [0.29, 0.717) is 11.1 Å². The average molecular weight is 377 g/mol. The lowest BCUT2D eigenvalue weighted by atomic mass is 9.81. The first-order valence-corrected chi connectivity index (χ1v) is 8.31. The van der Waals surface area contributed by atoms with Gasteiger partial charge in [-0.15, -0.1) is 0 Å². The minimum absolute atomic E-state index is 0.0591. The zero-order chi connectivity index (χ0) is 19.9. The Labute approximate surface area is 153 Å². The van der Waals surface area contributed by atoms with E-state index in [1.807, 2.05) is 0 Å². The Morgan fingerprint density at radius 3 is 2.30 bits per heavy atom. The maximum Gasteiger partial charge on any atom is 0.407 e. The Morgan fingerprint density at radius 2 is 1.74 bits per heavy atom. The van der Waals surface area contributed by atoms with Crippen LogP contribution in [0.25, 0.3) is 0 Å². The van der Waals surface area contributed by atoms with Gasteiger partial charge >= 0.3 is 18.0 Å². The number of carbonyl (C=O) groups is 4. The van der Waals surface area contributed by atoms with Gasteiger partial charge in [-0.05, 0) is 11.1 Å². The van der Waals surface area contributed by atoms with E-state index in [0.717, 1.165) is 4.90 Å². The van der Waals surface area contributed by atoms with Crippen LogP contribution in [0.15, 0.2) is 24.3 Å². The molecule has 2 saturated heterocycles. The summed E-state index contributed by atoms with van der Waals surface area (Å²) in [6, 6.07) is 4.98. The van der Waals surface area contributed by atoms with Gasteiger partial charge in [0.2, 0.25) is 5.41 Å². The van der Waals surface area contributed by atoms with Gasteiger partial charge in [0.05, 0.1) is 12.1 Å². The molecule has 5 N–H and O–H groups in total. The van der Waals surface area contributed by atoms with Crippen molar-refractivity contribution in [3.05, 3.63) is 35.4 Å². The van der Waals surface area contributed by atoms with Crippen LogP contribution in [-0.4, -0.2) is 68.2 Å². The number of amides is 2. The summed E-state index contributed by atoms with van der Waals surface area (Å²) in [5.41, 5.74) is 4.33. The molecule has 1 aromatic carbocycles. The molecule has 2 fully saturated rings. The normalized spacial score (nSPS) is 23.8. The van der Waals surface area contributed by atoms with Gasteiger partial charge in [-0.2, -0.15) is 0 Å². The molecule has 0 aromatic heterocycles. The van der Waals surface area contributed by atoms with Gasteiger partial charge < -0.3 is 26.0 Å². The van der Waals surface area contributed by atoms with Gasteiger partial charge in [-0.1, -0.05) is 24.3 Å². The van der Waals surface area contributed by atoms with E-state index in [9.17, 15) is 34.5 Å². The second-order valence-corrected chi connectivity index (χ2v) is 6.61. The third kappa shape index (κ3) is 2.60. The van der Waals surface area contributed by atoms with Crippen LogP contribution in [0.2, 0.25) is 0 Å². The minimum atomic E-state index is -2.62. The van der Waals surface area contributed by atoms with Crippen LogP contribution < -0.4 is 5.73 Å². The highest BCUT2D eigenvalue weighted by Crippen LogP contribution is 2.46. The molecule has 0 aliphatic carbocycles. The Kier molecular flexibility index (Phi) is 4.52. The van der Waals surface area contributed by atoms with Gasteiger partial charge in [0.1, 0.15) is 0 Å². The summed E-state index contributed by atoms with van der Waals surface area (Å²) < 4.78 is 0. The smallest absolute Gasteiger partial charge is 0.407 e. The molecular weight excluding hydrogens is 358 g/mol. The summed E-state index contributed by atoms with van der Waals surface area (Å²) in [5.74, 6) is -4.52. The van der Waals surface area contributed by atoms with Crippen LogP contribution in [0.5, 0.6) is 0 Å². The topological polar surface area (TPSA) is 161 Å². The Morgan fingerprint density at radius 1 is 1.11 bits per heavy atom. The molecule has 0 radical (unpaired) electrons. The summed E-state index contributed by atoms with van der Waals surface area (Å²) in [5, 5.41) is 28.6. The number of hydrogen-bond acceptors (Lipinski definition) is 5. The van der Waals surface area contributed by atoms with Crippen molar-refractivity contribution >= 4 is 23.9 Å². The first-order valence-electron chi connectivity index (χ1n) is 8.31. The fraction of sp³-hybridized carbons (Fsp3) is 0.412. The molecule has 2 heterocycles. The molecule has 144 valence electrons. The van der Waals surface area contributed by atoms with Crippen molar-refractivity contribution in [3.63, 3.8) is 0 Å². The largest absolute Gasteiger partial charge is 0.480 e. The molecule has 2 unspecified atom stereocenters. The zero-order valence-electron chi connectivity index (χ0n) is 14.2. The highest BCUT2D eigenvalue weighted by molar-refractivity contribution is 6.19. The van der Waals surface area contributed by atoms with Crippen LogP contribution in [0, 0.1) is 5.41 Å². The summed E-state index contributed by atoms with van der Waals surface area (Å²) in [6.45, 7) is -0.0142. The number of rotatable bonds is 4. The SMILES string of the molecule is NCc1ccccc1C1C2CC(C(=O)O)(C(=O)O)C(=O)N2CCN1C(=O)O. The standard InChI is InChI=1S/C17H19N3O7/c18-8-9-3-1-2-4-10(9)12-11-7-17(14(22)23,15(24)25)13(21)19(11)5-6-20(12)16(26)27/h1-4,11-12H,5-8,18H2,(H,22,23)(H,24,25)(H,26,27). The number of carboxylic acids is 2. The van der Waals surface area contributed by atoms with Crippen LogP contribution >= 0.6 is 0 Å². The lowest BCUT2D eigenvalue weighted by Gasteiger charge is -2.44. The van der Waals surface area contributed by atoms with Crippen molar-refractivity contribution in [2.24, 2.45) is 11.1 Å². The first-order chi connectivity index (χ1) is 12.8. The first kappa shape index (κ1) is 18.6. The minimum Gasteiger partial charge on any atom is -0.480 e. The Balaban J connectivity index is 2.15. The molecular formula is C17H19N3O7. The number of nitrogens with zero attached hydrogens (tertiary/aromatic N) is 2. The van der Waals surface area contributed by atoms with Gasteiger partial charge in [0, 0.05) is 26.1 Å². The summed E-state index contributed by atoms with van der Waals surface area (Å²) >= 11 is 0. The van der Waals surface area contributed by atoms with E-state index in [1.54, 1.807) is 24.3 Å². The summed E-state index contributed by atoms with van der Waals surface area (Å²) in [4.78, 5) is 50.3. The molecule has 10 heteroatoms. The molecule has 0 spiro atoms. The zero-order valence-corrected chi connectivity index (χ0v) is 14.2. The molecule has 10 nitrogen and oxygen atoms in total. The second kappa shape index (κ2) is 6.54. The Bertz CT molecular complexity index is 810. The van der Waals surface area contributed by atoms with Crippen LogP contribution in [0.3, 0.4) is 0 Å². The Hall–Kier alpha value is -3.14. The van der Waals surface area contributed by atoms with Gasteiger partial charge in [0.25, 0.3) is 5.91 Å². The second-order valence-electron chi connectivity index (χ2n) is 6.61. The van der Waals surface area contributed by atoms with Crippen LogP contribution in [0.1, 0.15) is 23.6 Å². The number of carbonyl (C=O) groups excluding carboxylic acids is 1. The van der Waals surface area contributed by atoms with E-state index >= 15 is 0 Å². The summed E-state index contributed by atoms with van der Waals surface area (Å²) in [6.07, 6.45) is -1.76. The van der Waals surface area contributed by atoms with Crippen molar-refractivity contribution in [1.82, 2.24) is 9.80 Å². The average Bonchev–Trinajstić information content (AvgIpc) is 2.95. The van der Waals surface area contributed by atoms with Crippen molar-refractivity contribution < 1.29 is 34.5 Å². The van der Waals surface area contributed by atoms with Gasteiger partial charge in [-0.25, -0.2) is 4.79 Å². The number of carboxylic acid groups (broad SMARTS) is 3. The van der Waals surface area contributed by atoms with E-state index < -0.39 is 47.9 Å². The van der Waals surface area contributed by atoms with E-state index in [2.05, 4.69) is 0 Å². The summed E-state index contributed by atoms with van der Waals surface area (Å²) in [7, 11) is 0. The predicted molar refractivity (Wildman–Crippen MR) is 89.6 cm³/mol. The molecule has 0 bridgehead atoms. The predicted octanol–water partition coefficient (Wildman–Crippen LogP) is -0.0635. The fourth-order valence-electron chi connectivity index (χ4n) is 4.07. The molecule has 1 aromatic rings. The third-order valence-electron chi connectivity index (χ3n) is 5.39. The van der Waals surface area contributed by atoms with Crippen molar-refractivity contribution in [2.75, 3.05) is 13.1 Å². The van der Waals surface area contributed by atoms with Crippen molar-refractivity contribution in [3.8, 4) is 0 Å². The van der Waals surface area contributed by atoms with Crippen LogP contribution in [-0.2, 0) is 20.9 Å².